The van der Waals surface area contributed by atoms with E-state index in [1.165, 1.54) is 4.90 Å². The Morgan fingerprint density at radius 2 is 1.63 bits per heavy atom. The Hall–Kier alpha value is -1.68. The molecule has 1 atom stereocenters. The fourth-order valence-corrected chi connectivity index (χ4v) is 2.90. The molecule has 2 amide bonds. The minimum atomic E-state index is -0.197. The summed E-state index contributed by atoms with van der Waals surface area (Å²) in [4.78, 5) is 25.7. The molecule has 100 valence electrons. The van der Waals surface area contributed by atoms with Gasteiger partial charge in [0.05, 0.1) is 23.3 Å². The summed E-state index contributed by atoms with van der Waals surface area (Å²) in [5.74, 6) is -0.394. The minimum Gasteiger partial charge on any atom is -0.364 e. The van der Waals surface area contributed by atoms with E-state index >= 15 is 0 Å². The first-order chi connectivity index (χ1) is 9.13. The highest BCUT2D eigenvalue weighted by atomic mass is 16.6. The number of nitrogens with zero attached hydrogens (tertiary/aromatic N) is 1. The molecule has 1 fully saturated rings. The number of hydrogen-bond donors (Lipinski definition) is 0. The fraction of sp³-hybridized carbons (Fsp3) is 0.467. The van der Waals surface area contributed by atoms with Gasteiger partial charge in [-0.15, -0.1) is 0 Å². The molecule has 19 heavy (non-hydrogen) atoms. The van der Waals surface area contributed by atoms with Crippen LogP contribution in [-0.4, -0.2) is 35.0 Å². The molecule has 0 spiro atoms. The second-order valence-corrected chi connectivity index (χ2v) is 5.14. The van der Waals surface area contributed by atoms with E-state index in [4.69, 9.17) is 4.74 Å². The molecule has 1 aromatic carbocycles. The maximum absolute atomic E-state index is 12.2. The topological polar surface area (TPSA) is 49.9 Å². The van der Waals surface area contributed by atoms with Crippen molar-refractivity contribution >= 4 is 11.8 Å². The zero-order valence-corrected chi connectivity index (χ0v) is 11.2. The van der Waals surface area contributed by atoms with Gasteiger partial charge in [-0.25, -0.2) is 0 Å². The molecule has 2 aliphatic rings. The Bertz CT molecular complexity index is 513. The third kappa shape index (κ3) is 1.70. The van der Waals surface area contributed by atoms with Crippen LogP contribution < -0.4 is 0 Å². The van der Waals surface area contributed by atoms with Crippen molar-refractivity contribution in [2.24, 2.45) is 0 Å². The minimum absolute atomic E-state index is 0.00953. The van der Waals surface area contributed by atoms with Crippen LogP contribution in [0.2, 0.25) is 0 Å². The fourth-order valence-electron chi connectivity index (χ4n) is 2.90. The van der Waals surface area contributed by atoms with E-state index in [-0.39, 0.29) is 23.5 Å². The van der Waals surface area contributed by atoms with Crippen LogP contribution in [0.1, 0.15) is 47.4 Å². The summed E-state index contributed by atoms with van der Waals surface area (Å²) in [5, 5.41) is 0. The van der Waals surface area contributed by atoms with Crippen LogP contribution in [-0.2, 0) is 4.74 Å². The lowest BCUT2D eigenvalue weighted by Crippen LogP contribution is -2.35. The van der Waals surface area contributed by atoms with Crippen LogP contribution in [0.3, 0.4) is 0 Å². The predicted octanol–water partition coefficient (Wildman–Crippen LogP) is 2.24. The van der Waals surface area contributed by atoms with E-state index in [0.717, 1.165) is 12.8 Å². The van der Waals surface area contributed by atoms with Crippen LogP contribution in [0.15, 0.2) is 24.3 Å². The molecule has 0 bridgehead atoms. The third-order valence-corrected chi connectivity index (χ3v) is 4.33. The number of rotatable bonds is 4. The zero-order chi connectivity index (χ0) is 13.6. The number of fused-ring (bicyclic) bond motifs is 1. The molecule has 2 aliphatic heterocycles. The molecule has 2 heterocycles. The average Bonchev–Trinajstić information content (AvgIpc) is 3.11. The van der Waals surface area contributed by atoms with Crippen molar-refractivity contribution < 1.29 is 14.3 Å². The van der Waals surface area contributed by atoms with Crippen molar-refractivity contribution in [1.29, 1.82) is 0 Å². The van der Waals surface area contributed by atoms with Gasteiger partial charge in [0.25, 0.3) is 11.8 Å². The van der Waals surface area contributed by atoms with E-state index in [2.05, 4.69) is 13.8 Å². The lowest BCUT2D eigenvalue weighted by atomic mass is 9.99. The maximum atomic E-state index is 12.2. The molecule has 3 rings (SSSR count). The van der Waals surface area contributed by atoms with Gasteiger partial charge in [-0.3, -0.25) is 14.5 Å². The smallest absolute Gasteiger partial charge is 0.261 e. The van der Waals surface area contributed by atoms with Crippen molar-refractivity contribution in [3.8, 4) is 0 Å². The number of epoxide rings is 1. The molecular formula is C15H17NO3. The largest absolute Gasteiger partial charge is 0.364 e. The highest BCUT2D eigenvalue weighted by Gasteiger charge is 2.55. The number of ether oxygens (including phenoxy) is 1. The second-order valence-electron chi connectivity index (χ2n) is 5.14. The van der Waals surface area contributed by atoms with Gasteiger partial charge in [0.1, 0.15) is 6.10 Å². The van der Waals surface area contributed by atoms with Gasteiger partial charge in [-0.05, 0) is 25.0 Å². The summed E-state index contributed by atoms with van der Waals surface area (Å²) >= 11 is 0. The Morgan fingerprint density at radius 3 is 2.05 bits per heavy atom. The van der Waals surface area contributed by atoms with Gasteiger partial charge in [-0.1, -0.05) is 26.0 Å². The van der Waals surface area contributed by atoms with Crippen LogP contribution in [0.25, 0.3) is 0 Å². The number of carbonyl (C=O) groups excluding carboxylic acids is 2. The van der Waals surface area contributed by atoms with Gasteiger partial charge < -0.3 is 4.74 Å². The first-order valence-corrected chi connectivity index (χ1v) is 6.76. The van der Waals surface area contributed by atoms with E-state index in [9.17, 15) is 9.59 Å². The first-order valence-electron chi connectivity index (χ1n) is 6.76. The van der Waals surface area contributed by atoms with E-state index in [1.54, 1.807) is 24.3 Å². The Morgan fingerprint density at radius 1 is 1.11 bits per heavy atom. The van der Waals surface area contributed by atoms with Crippen molar-refractivity contribution in [2.75, 3.05) is 6.54 Å². The van der Waals surface area contributed by atoms with E-state index in [0.29, 0.717) is 17.7 Å². The number of benzene rings is 1. The monoisotopic (exact) mass is 259 g/mol. The zero-order valence-electron chi connectivity index (χ0n) is 11.2. The third-order valence-electron chi connectivity index (χ3n) is 4.33. The molecule has 0 saturated carbocycles. The Kier molecular flexibility index (Phi) is 2.71. The SMILES string of the molecule is CCC1(CC)OC1CN1C(=O)c2ccccc2C1=O. The van der Waals surface area contributed by atoms with Crippen LogP contribution >= 0.6 is 0 Å². The standard InChI is InChI=1S/C15H17NO3/c1-3-15(4-2)12(19-15)9-16-13(17)10-7-5-6-8-11(10)14(16)18/h5-8,12H,3-4,9H2,1-2H3. The number of hydrogen-bond acceptors (Lipinski definition) is 3. The van der Waals surface area contributed by atoms with Crippen LogP contribution in [0.5, 0.6) is 0 Å². The molecule has 0 N–H and O–H groups in total. The van der Waals surface area contributed by atoms with E-state index in [1.807, 2.05) is 0 Å². The van der Waals surface area contributed by atoms with Crippen molar-refractivity contribution in [3.63, 3.8) is 0 Å². The first kappa shape index (κ1) is 12.4. The molecule has 1 saturated heterocycles. The summed E-state index contributed by atoms with van der Waals surface area (Å²) < 4.78 is 5.71. The Labute approximate surface area is 112 Å². The van der Waals surface area contributed by atoms with Gasteiger partial charge in [0.2, 0.25) is 0 Å². The highest BCUT2D eigenvalue weighted by Crippen LogP contribution is 2.43. The lowest BCUT2D eigenvalue weighted by molar-refractivity contribution is 0.0642. The summed E-state index contributed by atoms with van der Waals surface area (Å²) in [6, 6.07) is 6.97. The highest BCUT2D eigenvalue weighted by molar-refractivity contribution is 6.21. The van der Waals surface area contributed by atoms with Crippen molar-refractivity contribution in [3.05, 3.63) is 35.4 Å². The molecule has 0 aromatic heterocycles. The number of carbonyl (C=O) groups is 2. The van der Waals surface area contributed by atoms with Gasteiger partial charge in [0.15, 0.2) is 0 Å². The predicted molar refractivity (Wildman–Crippen MR) is 70.0 cm³/mol. The number of amides is 2. The van der Waals surface area contributed by atoms with Gasteiger partial charge >= 0.3 is 0 Å². The molecule has 1 unspecified atom stereocenters. The van der Waals surface area contributed by atoms with Crippen LogP contribution in [0.4, 0.5) is 0 Å². The summed E-state index contributed by atoms with van der Waals surface area (Å²) in [5.41, 5.74) is 0.883. The summed E-state index contributed by atoms with van der Waals surface area (Å²) in [7, 11) is 0. The second kappa shape index (κ2) is 4.17. The number of imide groups is 1. The quantitative estimate of drug-likeness (QED) is 0.615. The normalized spacial score (nSPS) is 23.7. The summed E-state index contributed by atoms with van der Waals surface area (Å²) in [6.45, 7) is 4.52. The molecular weight excluding hydrogens is 242 g/mol. The van der Waals surface area contributed by atoms with E-state index < -0.39 is 0 Å². The molecule has 0 aliphatic carbocycles. The molecule has 0 radical (unpaired) electrons. The molecule has 4 nitrogen and oxygen atoms in total. The summed E-state index contributed by atoms with van der Waals surface area (Å²) in [6.07, 6.45) is 1.82. The molecule has 1 aromatic rings. The van der Waals surface area contributed by atoms with Crippen molar-refractivity contribution in [1.82, 2.24) is 4.90 Å². The van der Waals surface area contributed by atoms with Crippen LogP contribution in [0, 0.1) is 0 Å². The molecule has 4 heteroatoms. The van der Waals surface area contributed by atoms with Crippen molar-refractivity contribution in [2.45, 2.75) is 38.4 Å². The average molecular weight is 259 g/mol. The van der Waals surface area contributed by atoms with Gasteiger partial charge in [0, 0.05) is 0 Å². The van der Waals surface area contributed by atoms with Gasteiger partial charge in [-0.2, -0.15) is 0 Å². The maximum Gasteiger partial charge on any atom is 0.261 e. The Balaban J connectivity index is 1.79. The lowest BCUT2D eigenvalue weighted by Gasteiger charge is -2.13.